The Morgan fingerprint density at radius 1 is 1.10 bits per heavy atom. The quantitative estimate of drug-likeness (QED) is 0.496. The topological polar surface area (TPSA) is 73.9 Å². The summed E-state index contributed by atoms with van der Waals surface area (Å²) in [6.45, 7) is -1.56. The molecule has 0 bridgehead atoms. The molecule has 0 fully saturated rings. The number of carbonyl (C=O) groups is 2. The number of anilines is 1. The Kier molecular flexibility index (Phi) is 7.97. The molecule has 9 heteroatoms. The molecule has 29 heavy (non-hydrogen) atoms. The van der Waals surface area contributed by atoms with Gasteiger partial charge in [0.25, 0.3) is 5.91 Å². The predicted octanol–water partition coefficient (Wildman–Crippen LogP) is 4.53. The number of halogens is 3. The minimum atomic E-state index is -2.99. The van der Waals surface area contributed by atoms with E-state index in [-0.39, 0.29) is 11.5 Å². The fourth-order valence-corrected chi connectivity index (χ4v) is 2.32. The summed E-state index contributed by atoms with van der Waals surface area (Å²) in [6, 6.07) is 10.6. The standard InChI is InChI=1S/C20H18ClF2NO5/c1-12(19(26)24-15-7-5-14(21)6-8-15)28-18(25)10-4-13-3-9-16(29-20(22)23)17(11-13)27-2/h3-12,20H,1-2H3,(H,24,26)/b10-4+. The van der Waals surface area contributed by atoms with Crippen molar-refractivity contribution in [3.8, 4) is 11.5 Å². The summed E-state index contributed by atoms with van der Waals surface area (Å²) < 4.78 is 39.0. The summed E-state index contributed by atoms with van der Waals surface area (Å²) >= 11 is 5.78. The van der Waals surface area contributed by atoms with Crippen LogP contribution >= 0.6 is 11.6 Å². The van der Waals surface area contributed by atoms with Crippen molar-refractivity contribution in [2.24, 2.45) is 0 Å². The van der Waals surface area contributed by atoms with Crippen LogP contribution < -0.4 is 14.8 Å². The normalized spacial score (nSPS) is 11.9. The lowest BCUT2D eigenvalue weighted by Crippen LogP contribution is -2.29. The van der Waals surface area contributed by atoms with Gasteiger partial charge in [-0.2, -0.15) is 8.78 Å². The first kappa shape index (κ1) is 22.2. The lowest BCUT2D eigenvalue weighted by atomic mass is 10.2. The van der Waals surface area contributed by atoms with Gasteiger partial charge in [0, 0.05) is 16.8 Å². The molecular formula is C20H18ClF2NO5. The van der Waals surface area contributed by atoms with Gasteiger partial charge in [0.2, 0.25) is 0 Å². The highest BCUT2D eigenvalue weighted by molar-refractivity contribution is 6.30. The molecule has 154 valence electrons. The van der Waals surface area contributed by atoms with Crippen LogP contribution in [-0.2, 0) is 14.3 Å². The molecule has 0 aliphatic heterocycles. The summed E-state index contributed by atoms with van der Waals surface area (Å²) in [5.74, 6) is -1.31. The highest BCUT2D eigenvalue weighted by atomic mass is 35.5. The first-order valence-corrected chi connectivity index (χ1v) is 8.74. The van der Waals surface area contributed by atoms with Gasteiger partial charge in [-0.05, 0) is 55.0 Å². The molecule has 1 atom stereocenters. The Bertz CT molecular complexity index is 887. The summed E-state index contributed by atoms with van der Waals surface area (Å²) in [5, 5.41) is 3.12. The second-order valence-electron chi connectivity index (χ2n) is 5.70. The molecule has 0 aliphatic carbocycles. The number of amides is 1. The van der Waals surface area contributed by atoms with E-state index in [1.54, 1.807) is 24.3 Å². The van der Waals surface area contributed by atoms with Crippen LogP contribution in [0.4, 0.5) is 14.5 Å². The Morgan fingerprint density at radius 2 is 1.79 bits per heavy atom. The highest BCUT2D eigenvalue weighted by Gasteiger charge is 2.17. The van der Waals surface area contributed by atoms with Gasteiger partial charge in [-0.1, -0.05) is 17.7 Å². The van der Waals surface area contributed by atoms with Crippen LogP contribution in [0, 0.1) is 0 Å². The molecule has 0 aliphatic rings. The number of hydrogen-bond donors (Lipinski definition) is 1. The largest absolute Gasteiger partial charge is 0.493 e. The van der Waals surface area contributed by atoms with Crippen molar-refractivity contribution >= 4 is 35.2 Å². The average Bonchev–Trinajstić information content (AvgIpc) is 2.68. The third kappa shape index (κ3) is 7.08. The van der Waals surface area contributed by atoms with E-state index in [9.17, 15) is 18.4 Å². The minimum Gasteiger partial charge on any atom is -0.493 e. The van der Waals surface area contributed by atoms with E-state index in [1.165, 1.54) is 38.3 Å². The monoisotopic (exact) mass is 425 g/mol. The van der Waals surface area contributed by atoms with Crippen molar-refractivity contribution in [1.82, 2.24) is 0 Å². The number of carbonyl (C=O) groups excluding carboxylic acids is 2. The molecule has 0 radical (unpaired) electrons. The maximum atomic E-state index is 12.3. The Balaban J connectivity index is 1.94. The molecule has 0 spiro atoms. The summed E-state index contributed by atoms with van der Waals surface area (Å²) in [4.78, 5) is 24.0. The van der Waals surface area contributed by atoms with Gasteiger partial charge >= 0.3 is 12.6 Å². The number of alkyl halides is 2. The summed E-state index contributed by atoms with van der Waals surface area (Å²) in [5.41, 5.74) is 0.995. The van der Waals surface area contributed by atoms with Crippen LogP contribution in [0.2, 0.25) is 5.02 Å². The van der Waals surface area contributed by atoms with Crippen LogP contribution in [0.15, 0.2) is 48.5 Å². The molecule has 1 N–H and O–H groups in total. The van der Waals surface area contributed by atoms with Gasteiger partial charge in [-0.15, -0.1) is 0 Å². The summed E-state index contributed by atoms with van der Waals surface area (Å²) in [7, 11) is 1.30. The minimum absolute atomic E-state index is 0.0801. The van der Waals surface area contributed by atoms with E-state index in [4.69, 9.17) is 21.1 Å². The van der Waals surface area contributed by atoms with Crippen molar-refractivity contribution in [3.05, 3.63) is 59.1 Å². The molecule has 0 aromatic heterocycles. The third-order valence-electron chi connectivity index (χ3n) is 3.59. The van der Waals surface area contributed by atoms with Crippen molar-refractivity contribution in [1.29, 1.82) is 0 Å². The molecule has 2 aromatic rings. The van der Waals surface area contributed by atoms with E-state index in [0.717, 1.165) is 6.08 Å². The number of nitrogens with one attached hydrogen (secondary N) is 1. The van der Waals surface area contributed by atoms with Crippen LogP contribution in [0.25, 0.3) is 6.08 Å². The van der Waals surface area contributed by atoms with Gasteiger partial charge in [0.1, 0.15) is 0 Å². The lowest BCUT2D eigenvalue weighted by molar-refractivity contribution is -0.148. The number of rotatable bonds is 8. The number of benzene rings is 2. The molecule has 0 heterocycles. The lowest BCUT2D eigenvalue weighted by Gasteiger charge is -2.12. The van der Waals surface area contributed by atoms with E-state index in [1.807, 2.05) is 0 Å². The average molecular weight is 426 g/mol. The first-order chi connectivity index (χ1) is 13.8. The zero-order valence-corrected chi connectivity index (χ0v) is 16.3. The maximum absolute atomic E-state index is 12.3. The SMILES string of the molecule is COc1cc(/C=C/C(=O)OC(C)C(=O)Nc2ccc(Cl)cc2)ccc1OC(F)F. The third-order valence-corrected chi connectivity index (χ3v) is 3.84. The van der Waals surface area contributed by atoms with Gasteiger partial charge < -0.3 is 19.5 Å². The molecular weight excluding hydrogens is 408 g/mol. The van der Waals surface area contributed by atoms with E-state index in [0.29, 0.717) is 16.3 Å². The highest BCUT2D eigenvalue weighted by Crippen LogP contribution is 2.29. The predicted molar refractivity (Wildman–Crippen MR) is 104 cm³/mol. The number of ether oxygens (including phenoxy) is 3. The van der Waals surface area contributed by atoms with Crippen molar-refractivity contribution in [2.75, 3.05) is 12.4 Å². The molecule has 1 amide bonds. The van der Waals surface area contributed by atoms with Crippen LogP contribution in [0.5, 0.6) is 11.5 Å². The van der Waals surface area contributed by atoms with Crippen molar-refractivity contribution < 1.29 is 32.6 Å². The smallest absolute Gasteiger partial charge is 0.387 e. The molecule has 6 nitrogen and oxygen atoms in total. The van der Waals surface area contributed by atoms with Gasteiger partial charge in [0.15, 0.2) is 17.6 Å². The number of esters is 1. The van der Waals surface area contributed by atoms with Crippen LogP contribution in [0.1, 0.15) is 12.5 Å². The van der Waals surface area contributed by atoms with E-state index in [2.05, 4.69) is 10.1 Å². The maximum Gasteiger partial charge on any atom is 0.387 e. The molecule has 2 rings (SSSR count). The molecule has 0 saturated heterocycles. The van der Waals surface area contributed by atoms with Crippen molar-refractivity contribution in [2.45, 2.75) is 19.6 Å². The second-order valence-corrected chi connectivity index (χ2v) is 6.13. The van der Waals surface area contributed by atoms with Gasteiger partial charge in [0.05, 0.1) is 7.11 Å². The Labute approximate surface area is 171 Å². The first-order valence-electron chi connectivity index (χ1n) is 8.36. The molecule has 0 saturated carbocycles. The van der Waals surface area contributed by atoms with E-state index < -0.39 is 24.6 Å². The molecule has 1 unspecified atom stereocenters. The number of hydrogen-bond acceptors (Lipinski definition) is 5. The second kappa shape index (κ2) is 10.4. The zero-order valence-electron chi connectivity index (χ0n) is 15.5. The van der Waals surface area contributed by atoms with Crippen LogP contribution in [-0.4, -0.2) is 31.7 Å². The van der Waals surface area contributed by atoms with Crippen LogP contribution in [0.3, 0.4) is 0 Å². The van der Waals surface area contributed by atoms with Gasteiger partial charge in [-0.25, -0.2) is 4.79 Å². The van der Waals surface area contributed by atoms with E-state index >= 15 is 0 Å². The van der Waals surface area contributed by atoms with Gasteiger partial charge in [-0.3, -0.25) is 4.79 Å². The fourth-order valence-electron chi connectivity index (χ4n) is 2.19. The fraction of sp³-hybridized carbons (Fsp3) is 0.200. The zero-order chi connectivity index (χ0) is 21.4. The number of methoxy groups -OCH3 is 1. The Hall–Kier alpha value is -3.13. The van der Waals surface area contributed by atoms with Crippen molar-refractivity contribution in [3.63, 3.8) is 0 Å². The molecule has 2 aromatic carbocycles. The summed E-state index contributed by atoms with van der Waals surface area (Å²) in [6.07, 6.45) is 1.45. The Morgan fingerprint density at radius 3 is 2.41 bits per heavy atom.